The third-order valence-corrected chi connectivity index (χ3v) is 3.18. The van der Waals surface area contributed by atoms with Gasteiger partial charge in [-0.3, -0.25) is 9.48 Å². The number of carbonyl (C=O) groups excluding carboxylic acids is 1. The molecular formula is C13H22N4O3. The zero-order valence-electron chi connectivity index (χ0n) is 11.9. The molecule has 0 aromatic carbocycles. The molecule has 0 radical (unpaired) electrons. The Morgan fingerprint density at radius 1 is 1.45 bits per heavy atom. The van der Waals surface area contributed by atoms with Crippen LogP contribution in [-0.2, 0) is 18.3 Å². The molecular weight excluding hydrogens is 260 g/mol. The summed E-state index contributed by atoms with van der Waals surface area (Å²) in [6.45, 7) is 2.80. The molecule has 0 spiro atoms. The van der Waals surface area contributed by atoms with Crippen LogP contribution in [0.2, 0.25) is 0 Å². The minimum Gasteiger partial charge on any atom is -0.481 e. The van der Waals surface area contributed by atoms with E-state index in [1.54, 1.807) is 10.9 Å². The largest absolute Gasteiger partial charge is 0.481 e. The number of amides is 2. The minimum atomic E-state index is -0.838. The second-order valence-electron chi connectivity index (χ2n) is 4.71. The van der Waals surface area contributed by atoms with Gasteiger partial charge in [0.2, 0.25) is 0 Å². The highest BCUT2D eigenvalue weighted by Crippen LogP contribution is 2.06. The molecule has 0 aliphatic heterocycles. The lowest BCUT2D eigenvalue weighted by Crippen LogP contribution is -2.39. The van der Waals surface area contributed by atoms with Crippen LogP contribution in [-0.4, -0.2) is 40.0 Å². The summed E-state index contributed by atoms with van der Waals surface area (Å²) in [5.74, 6) is -0.870. The summed E-state index contributed by atoms with van der Waals surface area (Å²) in [6.07, 6.45) is 3.22. The van der Waals surface area contributed by atoms with Crippen molar-refractivity contribution in [2.75, 3.05) is 13.1 Å². The minimum absolute atomic E-state index is 0.0321. The molecule has 1 unspecified atom stereocenters. The number of hydrogen-bond donors (Lipinski definition) is 3. The number of rotatable bonds is 8. The van der Waals surface area contributed by atoms with Crippen molar-refractivity contribution in [2.24, 2.45) is 13.0 Å². The Labute approximate surface area is 118 Å². The van der Waals surface area contributed by atoms with Crippen molar-refractivity contribution < 1.29 is 14.7 Å². The quantitative estimate of drug-likeness (QED) is 0.656. The maximum atomic E-state index is 11.6. The Kier molecular flexibility index (Phi) is 6.55. The first-order valence-corrected chi connectivity index (χ1v) is 6.73. The average Bonchev–Trinajstić information content (AvgIpc) is 2.80. The fraction of sp³-hybridized carbons (Fsp3) is 0.615. The van der Waals surface area contributed by atoms with Crippen LogP contribution < -0.4 is 10.6 Å². The molecule has 0 aliphatic rings. The highest BCUT2D eigenvalue weighted by molar-refractivity contribution is 5.74. The van der Waals surface area contributed by atoms with E-state index in [9.17, 15) is 9.59 Å². The standard InChI is InChI=1S/C13H22N4O3/c1-3-10(8-12(18)19)9-15-13(20)14-6-4-11-5-7-16-17(11)2/h5,7,10H,3-4,6,8-9H2,1-2H3,(H,18,19)(H2,14,15,20). The third kappa shape index (κ3) is 5.73. The van der Waals surface area contributed by atoms with Crippen molar-refractivity contribution >= 4 is 12.0 Å². The summed E-state index contributed by atoms with van der Waals surface area (Å²) in [5.41, 5.74) is 1.04. The summed E-state index contributed by atoms with van der Waals surface area (Å²) in [4.78, 5) is 22.2. The van der Waals surface area contributed by atoms with Crippen molar-refractivity contribution in [1.29, 1.82) is 0 Å². The SMILES string of the molecule is CCC(CNC(=O)NCCc1ccnn1C)CC(=O)O. The zero-order valence-corrected chi connectivity index (χ0v) is 11.9. The predicted molar refractivity (Wildman–Crippen MR) is 74.3 cm³/mol. The Morgan fingerprint density at radius 3 is 2.75 bits per heavy atom. The number of hydrogen-bond acceptors (Lipinski definition) is 3. The molecule has 1 heterocycles. The molecule has 0 saturated carbocycles. The van der Waals surface area contributed by atoms with E-state index >= 15 is 0 Å². The van der Waals surface area contributed by atoms with Gasteiger partial charge in [0.05, 0.1) is 0 Å². The number of carboxylic acid groups (broad SMARTS) is 1. The molecule has 1 atom stereocenters. The number of aryl methyl sites for hydroxylation is 1. The second-order valence-corrected chi connectivity index (χ2v) is 4.71. The summed E-state index contributed by atoms with van der Waals surface area (Å²) < 4.78 is 1.76. The van der Waals surface area contributed by atoms with Gasteiger partial charge in [-0.25, -0.2) is 4.79 Å². The van der Waals surface area contributed by atoms with Crippen molar-refractivity contribution in [2.45, 2.75) is 26.2 Å². The van der Waals surface area contributed by atoms with E-state index < -0.39 is 5.97 Å². The molecule has 1 aromatic rings. The molecule has 2 amide bonds. The zero-order chi connectivity index (χ0) is 15.0. The van der Waals surface area contributed by atoms with Crippen LogP contribution in [0.5, 0.6) is 0 Å². The van der Waals surface area contributed by atoms with E-state index in [0.29, 0.717) is 19.5 Å². The Balaban J connectivity index is 2.20. The number of urea groups is 1. The lowest BCUT2D eigenvalue weighted by molar-refractivity contribution is -0.138. The lowest BCUT2D eigenvalue weighted by Gasteiger charge is -2.14. The number of nitrogens with zero attached hydrogens (tertiary/aromatic N) is 2. The number of aliphatic carboxylic acids is 1. The van der Waals surface area contributed by atoms with Crippen LogP contribution in [0.1, 0.15) is 25.5 Å². The van der Waals surface area contributed by atoms with E-state index in [1.165, 1.54) is 0 Å². The summed E-state index contributed by atoms with van der Waals surface area (Å²) in [7, 11) is 1.85. The Morgan fingerprint density at radius 2 is 2.20 bits per heavy atom. The van der Waals surface area contributed by atoms with Gasteiger partial charge in [0.15, 0.2) is 0 Å². The molecule has 0 bridgehead atoms. The Hall–Kier alpha value is -2.05. The maximum Gasteiger partial charge on any atom is 0.314 e. The molecule has 0 saturated heterocycles. The molecule has 1 aromatic heterocycles. The van der Waals surface area contributed by atoms with Gasteiger partial charge in [-0.15, -0.1) is 0 Å². The number of carboxylic acids is 1. The molecule has 7 nitrogen and oxygen atoms in total. The van der Waals surface area contributed by atoms with Gasteiger partial charge >= 0.3 is 12.0 Å². The van der Waals surface area contributed by atoms with Gasteiger partial charge in [0.1, 0.15) is 0 Å². The van der Waals surface area contributed by atoms with Crippen molar-refractivity contribution in [3.8, 4) is 0 Å². The van der Waals surface area contributed by atoms with Crippen LogP contribution in [0.4, 0.5) is 4.79 Å². The summed E-state index contributed by atoms with van der Waals surface area (Å²) in [5, 5.41) is 18.2. The van der Waals surface area contributed by atoms with E-state index in [-0.39, 0.29) is 18.4 Å². The van der Waals surface area contributed by atoms with Gasteiger partial charge in [-0.2, -0.15) is 5.10 Å². The van der Waals surface area contributed by atoms with Crippen molar-refractivity contribution in [1.82, 2.24) is 20.4 Å². The van der Waals surface area contributed by atoms with E-state index in [4.69, 9.17) is 5.11 Å². The van der Waals surface area contributed by atoms with E-state index in [2.05, 4.69) is 15.7 Å². The number of aromatic nitrogens is 2. The number of nitrogens with one attached hydrogen (secondary N) is 2. The van der Waals surface area contributed by atoms with Crippen molar-refractivity contribution in [3.05, 3.63) is 18.0 Å². The lowest BCUT2D eigenvalue weighted by atomic mass is 10.0. The maximum absolute atomic E-state index is 11.6. The normalized spacial score (nSPS) is 11.9. The van der Waals surface area contributed by atoms with Gasteiger partial charge in [0, 0.05) is 44.9 Å². The van der Waals surface area contributed by atoms with Crippen LogP contribution in [0.25, 0.3) is 0 Å². The first-order valence-electron chi connectivity index (χ1n) is 6.73. The monoisotopic (exact) mass is 282 g/mol. The summed E-state index contributed by atoms with van der Waals surface area (Å²) in [6, 6.07) is 1.63. The molecule has 7 heteroatoms. The molecule has 0 aliphatic carbocycles. The molecule has 1 rings (SSSR count). The molecule has 3 N–H and O–H groups in total. The van der Waals surface area contributed by atoms with Gasteiger partial charge < -0.3 is 15.7 Å². The van der Waals surface area contributed by atoms with Crippen LogP contribution in [0.3, 0.4) is 0 Å². The second kappa shape index (κ2) is 8.19. The average molecular weight is 282 g/mol. The van der Waals surface area contributed by atoms with Gasteiger partial charge in [0.25, 0.3) is 0 Å². The number of carbonyl (C=O) groups is 2. The van der Waals surface area contributed by atoms with Gasteiger partial charge in [-0.05, 0) is 12.0 Å². The van der Waals surface area contributed by atoms with E-state index in [0.717, 1.165) is 12.1 Å². The van der Waals surface area contributed by atoms with Crippen molar-refractivity contribution in [3.63, 3.8) is 0 Å². The fourth-order valence-electron chi connectivity index (χ4n) is 1.86. The highest BCUT2D eigenvalue weighted by atomic mass is 16.4. The first kappa shape index (κ1) is 16.0. The third-order valence-electron chi connectivity index (χ3n) is 3.18. The van der Waals surface area contributed by atoms with Gasteiger partial charge in [-0.1, -0.05) is 13.3 Å². The fourth-order valence-corrected chi connectivity index (χ4v) is 1.86. The smallest absolute Gasteiger partial charge is 0.314 e. The summed E-state index contributed by atoms with van der Waals surface area (Å²) >= 11 is 0. The molecule has 20 heavy (non-hydrogen) atoms. The highest BCUT2D eigenvalue weighted by Gasteiger charge is 2.12. The molecule has 0 fully saturated rings. The van der Waals surface area contributed by atoms with Crippen LogP contribution in [0, 0.1) is 5.92 Å². The van der Waals surface area contributed by atoms with Crippen LogP contribution >= 0.6 is 0 Å². The van der Waals surface area contributed by atoms with Crippen LogP contribution in [0.15, 0.2) is 12.3 Å². The Bertz CT molecular complexity index is 445. The topological polar surface area (TPSA) is 96.3 Å². The predicted octanol–water partition coefficient (Wildman–Crippen LogP) is 0.763. The molecule has 112 valence electrons. The first-order chi connectivity index (χ1) is 9.52. The van der Waals surface area contributed by atoms with E-state index in [1.807, 2.05) is 20.0 Å².